The van der Waals surface area contributed by atoms with Crippen LogP contribution < -0.4 is 0 Å². The third kappa shape index (κ3) is 4.00. The molecule has 11 aromatic rings. The topological polar surface area (TPSA) is 14.8 Å². The SMILES string of the molecule is [2H]c1c([2H])c([2H])c(-c2c([2H])c([2H])c(-n3c4c([2H])c([2H])c([2H])c([2H])c4c4c([2H])c([2H])c([2H])c(-n5c6c([2H])c([2H])c([2H])c([2H])c6c6c(-n7c8c([2H])c([2H])c([2H])c([2H])c8c8c([2H])c([2H])c([2H])c([2H])c87)c([2H])c([2H])c([2H])c65)c43)c([2H])c2[2H])c([2H])c1[2H]. The molecule has 3 heteroatoms. The maximum atomic E-state index is 9.82. The number of hydrogen-bond donors (Lipinski definition) is 0. The van der Waals surface area contributed by atoms with Gasteiger partial charge >= 0.3 is 0 Å². The van der Waals surface area contributed by atoms with Crippen molar-refractivity contribution < 1.29 is 42.5 Å². The average molecular weight is 681 g/mol. The smallest absolute Gasteiger partial charge is 0.0782 e. The van der Waals surface area contributed by atoms with Crippen molar-refractivity contribution in [1.29, 1.82) is 0 Å². The molecule has 3 nitrogen and oxygen atoms in total. The number of para-hydroxylation sites is 5. The van der Waals surface area contributed by atoms with Crippen molar-refractivity contribution in [3.63, 3.8) is 0 Å². The minimum Gasteiger partial charge on any atom is -0.309 e. The summed E-state index contributed by atoms with van der Waals surface area (Å²) in [6.45, 7) is 0. The lowest BCUT2D eigenvalue weighted by atomic mass is 10.1. The summed E-state index contributed by atoms with van der Waals surface area (Å²) in [5.41, 5.74) is -8.75. The van der Waals surface area contributed by atoms with E-state index in [1.54, 1.807) is 0 Å². The summed E-state index contributed by atoms with van der Waals surface area (Å²) >= 11 is 0. The van der Waals surface area contributed by atoms with E-state index in [2.05, 4.69) is 0 Å². The maximum absolute atomic E-state index is 9.82. The average Bonchev–Trinajstić information content (AvgIpc) is 1.83. The lowest BCUT2D eigenvalue weighted by Crippen LogP contribution is -2.01. The van der Waals surface area contributed by atoms with Crippen LogP contribution >= 0.6 is 0 Å². The first-order chi connectivity index (χ1) is 38.2. The molecular formula is C48H31N3. The van der Waals surface area contributed by atoms with Gasteiger partial charge in [-0.3, -0.25) is 0 Å². The van der Waals surface area contributed by atoms with Gasteiger partial charge in [-0.2, -0.15) is 0 Å². The fraction of sp³-hybridized carbons (Fsp3) is 0. The molecule has 0 saturated heterocycles. The Bertz CT molecular complexity index is 4800. The fourth-order valence-corrected chi connectivity index (χ4v) is 6.45. The first-order valence-corrected chi connectivity index (χ1v) is 15.0. The molecule has 0 spiro atoms. The molecule has 0 N–H and O–H groups in total. The van der Waals surface area contributed by atoms with E-state index in [9.17, 15) is 21.9 Å². The molecule has 8 aromatic carbocycles. The molecule has 3 heterocycles. The van der Waals surface area contributed by atoms with Gasteiger partial charge in [-0.25, -0.2) is 0 Å². The van der Waals surface area contributed by atoms with Crippen LogP contribution in [0.15, 0.2) is 187 Å². The lowest BCUT2D eigenvalue weighted by molar-refractivity contribution is 1.13. The zero-order chi connectivity index (χ0) is 60.4. The van der Waals surface area contributed by atoms with Gasteiger partial charge in [0.1, 0.15) is 0 Å². The summed E-state index contributed by atoms with van der Waals surface area (Å²) in [5.74, 6) is 0. The first kappa shape index (κ1) is 11.3. The number of hydrogen-bond acceptors (Lipinski definition) is 0. The lowest BCUT2D eigenvalue weighted by Gasteiger charge is -2.15. The van der Waals surface area contributed by atoms with Crippen molar-refractivity contribution in [3.05, 3.63) is 187 Å². The van der Waals surface area contributed by atoms with Crippen LogP contribution in [-0.4, -0.2) is 13.7 Å². The van der Waals surface area contributed by atoms with Gasteiger partial charge in [-0.15, -0.1) is 0 Å². The third-order valence-electron chi connectivity index (χ3n) is 8.46. The molecule has 0 amide bonds. The summed E-state index contributed by atoms with van der Waals surface area (Å²) in [4.78, 5) is 0. The molecule has 51 heavy (non-hydrogen) atoms. The highest BCUT2D eigenvalue weighted by Crippen LogP contribution is 2.42. The predicted molar refractivity (Wildman–Crippen MR) is 215 cm³/mol. The zero-order valence-electron chi connectivity index (χ0n) is 56.3. The van der Waals surface area contributed by atoms with Crippen LogP contribution in [0.25, 0.3) is 93.6 Å². The molecule has 0 radical (unpaired) electrons. The first-order valence-electron chi connectivity index (χ1n) is 30.5. The van der Waals surface area contributed by atoms with Gasteiger partial charge < -0.3 is 13.7 Å². The van der Waals surface area contributed by atoms with Gasteiger partial charge in [0, 0.05) is 38.0 Å². The minimum atomic E-state index is -1.15. The number of rotatable bonds is 4. The van der Waals surface area contributed by atoms with Gasteiger partial charge in [0.05, 0.1) is 87.0 Å². The van der Waals surface area contributed by atoms with Crippen LogP contribution in [0, 0.1) is 0 Å². The van der Waals surface area contributed by atoms with Gasteiger partial charge in [-0.05, 0) is 65.5 Å². The van der Waals surface area contributed by atoms with Crippen LogP contribution in [0.1, 0.15) is 42.5 Å². The second-order valence-electron chi connectivity index (χ2n) is 11.0. The van der Waals surface area contributed by atoms with Crippen LogP contribution in [0.5, 0.6) is 0 Å². The maximum Gasteiger partial charge on any atom is 0.0782 e. The summed E-state index contributed by atoms with van der Waals surface area (Å²) in [6.07, 6.45) is 0. The molecule has 0 bridgehead atoms. The quantitative estimate of drug-likeness (QED) is 0.176. The Balaban J connectivity index is 1.48. The molecular weight excluding hydrogens is 619 g/mol. The summed E-state index contributed by atoms with van der Waals surface area (Å²) in [7, 11) is 0. The molecule has 0 fully saturated rings. The van der Waals surface area contributed by atoms with E-state index >= 15 is 0 Å². The van der Waals surface area contributed by atoms with Crippen LogP contribution in [0.4, 0.5) is 0 Å². The van der Waals surface area contributed by atoms with E-state index in [-0.39, 0.29) is 0 Å². The summed E-state index contributed by atoms with van der Waals surface area (Å²) < 4.78 is 284. The fourth-order valence-electron chi connectivity index (χ4n) is 6.45. The number of aromatic nitrogens is 3. The van der Waals surface area contributed by atoms with Crippen molar-refractivity contribution in [2.45, 2.75) is 0 Å². The van der Waals surface area contributed by atoms with E-state index < -0.39 is 281 Å². The van der Waals surface area contributed by atoms with Gasteiger partial charge in [-0.1, -0.05) is 133 Å². The summed E-state index contributed by atoms with van der Waals surface area (Å²) in [6, 6.07) is -30.5. The van der Waals surface area contributed by atoms with E-state index in [1.807, 2.05) is 0 Å². The normalized spacial score (nSPS) is 20.4. The van der Waals surface area contributed by atoms with E-state index in [1.165, 1.54) is 0 Å². The predicted octanol–water partition coefficient (Wildman–Crippen LogP) is 12.6. The molecule has 0 aliphatic heterocycles. The zero-order valence-corrected chi connectivity index (χ0v) is 25.3. The Morgan fingerprint density at radius 3 is 1.39 bits per heavy atom. The van der Waals surface area contributed by atoms with Gasteiger partial charge in [0.15, 0.2) is 0 Å². The monoisotopic (exact) mass is 680 g/mol. The molecule has 0 saturated carbocycles. The second kappa shape index (κ2) is 10.8. The standard InChI is InChI=1S/C48H31N3/c1-2-14-32(15-3-1)33-28-30-34(31-29-33)49-40-21-8-6-18-37(40)38-20-12-27-46(48(38)49)51-43-24-11-7-19-39(43)47-44(25-13-26-45(47)51)50-41-22-9-4-16-35(41)36-17-5-10-23-42(36)50/h1-31H/i1D,2D,3D,4D,5D,6D,7D,8D,9D,10D,11D,12D,13D,14D,15D,16D,17D,18D,19D,20D,21D,22D,23D,24D,25D,26D,27D,28D,29D,30D,31D. The largest absolute Gasteiger partial charge is 0.309 e. The third-order valence-corrected chi connectivity index (χ3v) is 8.46. The Kier molecular flexibility index (Phi) is 2.41. The Morgan fingerprint density at radius 2 is 0.725 bits per heavy atom. The van der Waals surface area contributed by atoms with Crippen LogP contribution in [-0.2, 0) is 0 Å². The molecule has 0 aliphatic carbocycles. The van der Waals surface area contributed by atoms with E-state index in [0.29, 0.717) is 9.13 Å². The Hall–Kier alpha value is -6.84. The minimum absolute atomic E-state index is 0.533. The summed E-state index contributed by atoms with van der Waals surface area (Å²) in [5, 5.41) is -3.83. The number of benzene rings is 8. The highest BCUT2D eigenvalue weighted by Gasteiger charge is 2.22. The molecule has 238 valence electrons. The Labute approximate surface area is 338 Å². The number of fused-ring (bicyclic) bond motifs is 9. The van der Waals surface area contributed by atoms with Gasteiger partial charge in [0.25, 0.3) is 0 Å². The number of nitrogens with zero attached hydrogens (tertiary/aromatic N) is 3. The molecule has 0 atom stereocenters. The van der Waals surface area contributed by atoms with Crippen molar-refractivity contribution in [2.75, 3.05) is 0 Å². The molecule has 0 unspecified atom stereocenters. The van der Waals surface area contributed by atoms with Crippen molar-refractivity contribution >= 4 is 65.4 Å². The van der Waals surface area contributed by atoms with Crippen molar-refractivity contribution in [3.8, 4) is 28.2 Å². The highest BCUT2D eigenvalue weighted by atomic mass is 15.1. The highest BCUT2D eigenvalue weighted by molar-refractivity contribution is 6.18. The van der Waals surface area contributed by atoms with Crippen molar-refractivity contribution in [1.82, 2.24) is 13.7 Å². The molecule has 3 aromatic heterocycles. The molecule has 11 rings (SSSR count). The van der Waals surface area contributed by atoms with Crippen molar-refractivity contribution in [2.24, 2.45) is 0 Å². The van der Waals surface area contributed by atoms with Gasteiger partial charge in [0.2, 0.25) is 0 Å². The Morgan fingerprint density at radius 1 is 0.294 bits per heavy atom. The van der Waals surface area contributed by atoms with Crippen LogP contribution in [0.2, 0.25) is 0 Å². The van der Waals surface area contributed by atoms with E-state index in [0.717, 1.165) is 4.57 Å². The van der Waals surface area contributed by atoms with Crippen LogP contribution in [0.3, 0.4) is 0 Å². The van der Waals surface area contributed by atoms with E-state index in [4.69, 9.17) is 20.6 Å². The molecule has 0 aliphatic rings. The second-order valence-corrected chi connectivity index (χ2v) is 11.0.